The van der Waals surface area contributed by atoms with E-state index in [4.69, 9.17) is 5.14 Å². The second-order valence-corrected chi connectivity index (χ2v) is 6.48. The molecule has 0 bridgehead atoms. The van der Waals surface area contributed by atoms with Gasteiger partial charge in [-0.15, -0.1) is 0 Å². The molecule has 0 saturated carbocycles. The second kappa shape index (κ2) is 5.30. The van der Waals surface area contributed by atoms with Crippen LogP contribution in [0.15, 0.2) is 29.2 Å². The first-order valence-electron chi connectivity index (χ1n) is 6.33. The van der Waals surface area contributed by atoms with Crippen molar-refractivity contribution in [2.75, 3.05) is 6.54 Å². The van der Waals surface area contributed by atoms with Crippen LogP contribution in [0.5, 0.6) is 0 Å². The van der Waals surface area contributed by atoms with Gasteiger partial charge in [0.05, 0.1) is 4.90 Å². The van der Waals surface area contributed by atoms with Gasteiger partial charge in [-0.1, -0.05) is 6.07 Å². The van der Waals surface area contributed by atoms with Crippen LogP contribution in [0.1, 0.15) is 36.5 Å². The Morgan fingerprint density at radius 1 is 1.37 bits per heavy atom. The molecule has 0 spiro atoms. The number of primary sulfonamides is 1. The summed E-state index contributed by atoms with van der Waals surface area (Å²) in [5.74, 6) is -0.127. The Labute approximate surface area is 113 Å². The molecule has 5 nitrogen and oxygen atoms in total. The van der Waals surface area contributed by atoms with Gasteiger partial charge in [-0.25, -0.2) is 13.6 Å². The van der Waals surface area contributed by atoms with Crippen LogP contribution in [0.4, 0.5) is 0 Å². The molecule has 2 rings (SSSR count). The minimum atomic E-state index is -3.77. The van der Waals surface area contributed by atoms with Crippen molar-refractivity contribution < 1.29 is 13.2 Å². The molecule has 1 atom stereocenters. The molecule has 19 heavy (non-hydrogen) atoms. The molecule has 2 N–H and O–H groups in total. The number of hydrogen-bond acceptors (Lipinski definition) is 3. The van der Waals surface area contributed by atoms with Gasteiger partial charge in [0.2, 0.25) is 10.0 Å². The van der Waals surface area contributed by atoms with E-state index >= 15 is 0 Å². The topological polar surface area (TPSA) is 80.5 Å². The minimum Gasteiger partial charge on any atom is -0.336 e. The number of benzene rings is 1. The lowest BCUT2D eigenvalue weighted by Gasteiger charge is -2.33. The summed E-state index contributed by atoms with van der Waals surface area (Å²) in [6, 6.07) is 6.10. The van der Waals surface area contributed by atoms with Crippen molar-refractivity contribution in [1.82, 2.24) is 4.90 Å². The summed E-state index contributed by atoms with van der Waals surface area (Å²) in [4.78, 5) is 14.2. The van der Waals surface area contributed by atoms with E-state index in [1.54, 1.807) is 17.0 Å². The zero-order valence-corrected chi connectivity index (χ0v) is 11.7. The highest BCUT2D eigenvalue weighted by molar-refractivity contribution is 7.89. The zero-order chi connectivity index (χ0) is 14.0. The van der Waals surface area contributed by atoms with Gasteiger partial charge < -0.3 is 4.90 Å². The van der Waals surface area contributed by atoms with Crippen molar-refractivity contribution in [2.45, 2.75) is 37.1 Å². The Hall–Kier alpha value is -1.40. The van der Waals surface area contributed by atoms with Crippen molar-refractivity contribution in [3.8, 4) is 0 Å². The van der Waals surface area contributed by atoms with Crippen LogP contribution in [-0.4, -0.2) is 31.8 Å². The van der Waals surface area contributed by atoms with E-state index in [0.717, 1.165) is 25.8 Å². The molecule has 6 heteroatoms. The average Bonchev–Trinajstić information content (AvgIpc) is 2.38. The summed E-state index contributed by atoms with van der Waals surface area (Å²) in [6.45, 7) is 2.74. The number of nitrogens with two attached hydrogens (primary N) is 1. The number of carbonyl (C=O) groups excluding carboxylic acids is 1. The van der Waals surface area contributed by atoms with Gasteiger partial charge in [-0.2, -0.15) is 0 Å². The molecular formula is C13H18N2O3S. The Morgan fingerprint density at radius 3 is 2.74 bits per heavy atom. The number of hydrogen-bond donors (Lipinski definition) is 1. The molecule has 1 aromatic carbocycles. The summed E-state index contributed by atoms with van der Waals surface area (Å²) < 4.78 is 22.6. The summed E-state index contributed by atoms with van der Waals surface area (Å²) in [5, 5.41) is 5.08. The van der Waals surface area contributed by atoms with Gasteiger partial charge in [-0.3, -0.25) is 4.79 Å². The fraction of sp³-hybridized carbons (Fsp3) is 0.462. The van der Waals surface area contributed by atoms with Gasteiger partial charge in [0.25, 0.3) is 5.91 Å². The van der Waals surface area contributed by atoms with Crippen LogP contribution >= 0.6 is 0 Å². The maximum atomic E-state index is 12.4. The molecule has 0 aromatic heterocycles. The average molecular weight is 282 g/mol. The lowest BCUT2D eigenvalue weighted by Crippen LogP contribution is -2.42. The van der Waals surface area contributed by atoms with E-state index in [1.807, 2.05) is 6.92 Å². The molecule has 0 radical (unpaired) electrons. The third-order valence-corrected chi connectivity index (χ3v) is 4.38. The van der Waals surface area contributed by atoms with Crippen LogP contribution in [0, 0.1) is 0 Å². The molecule has 1 aromatic rings. The SMILES string of the molecule is CC1CCCCN1C(=O)c1cccc(S(N)(=O)=O)c1. The summed E-state index contributed by atoms with van der Waals surface area (Å²) in [7, 11) is -3.77. The summed E-state index contributed by atoms with van der Waals surface area (Å²) in [5.41, 5.74) is 0.375. The number of carbonyl (C=O) groups is 1. The maximum absolute atomic E-state index is 12.4. The summed E-state index contributed by atoms with van der Waals surface area (Å²) >= 11 is 0. The first kappa shape index (κ1) is 14.0. The van der Waals surface area contributed by atoms with Crippen LogP contribution in [-0.2, 0) is 10.0 Å². The van der Waals surface area contributed by atoms with E-state index < -0.39 is 10.0 Å². The molecule has 1 heterocycles. The van der Waals surface area contributed by atoms with Crippen LogP contribution < -0.4 is 5.14 Å². The van der Waals surface area contributed by atoms with Gasteiger partial charge in [0.15, 0.2) is 0 Å². The van der Waals surface area contributed by atoms with E-state index in [2.05, 4.69) is 0 Å². The second-order valence-electron chi connectivity index (χ2n) is 4.92. The number of sulfonamides is 1. The van der Waals surface area contributed by atoms with Crippen LogP contribution in [0.25, 0.3) is 0 Å². The number of rotatable bonds is 2. The molecular weight excluding hydrogens is 264 g/mol. The van der Waals surface area contributed by atoms with Gasteiger partial charge in [-0.05, 0) is 44.4 Å². The van der Waals surface area contributed by atoms with E-state index in [9.17, 15) is 13.2 Å². The van der Waals surface area contributed by atoms with Gasteiger partial charge in [0, 0.05) is 18.2 Å². The molecule has 1 aliphatic rings. The van der Waals surface area contributed by atoms with E-state index in [0.29, 0.717) is 5.56 Å². The van der Waals surface area contributed by atoms with Crippen molar-refractivity contribution in [2.24, 2.45) is 5.14 Å². The number of amides is 1. The Bertz CT molecular complexity index is 583. The molecule has 1 amide bonds. The normalized spacial score (nSPS) is 20.3. The van der Waals surface area contributed by atoms with Crippen LogP contribution in [0.3, 0.4) is 0 Å². The van der Waals surface area contributed by atoms with Crippen molar-refractivity contribution in [3.63, 3.8) is 0 Å². The zero-order valence-electron chi connectivity index (χ0n) is 10.9. The molecule has 1 unspecified atom stereocenters. The minimum absolute atomic E-state index is 0.0250. The molecule has 1 aliphatic heterocycles. The highest BCUT2D eigenvalue weighted by atomic mass is 32.2. The standard InChI is InChI=1S/C13H18N2O3S/c1-10-5-2-3-8-15(10)13(16)11-6-4-7-12(9-11)19(14,17)18/h4,6-7,9-10H,2-3,5,8H2,1H3,(H2,14,17,18). The predicted octanol–water partition coefficient (Wildman–Crippen LogP) is 1.35. The molecule has 1 fully saturated rings. The quantitative estimate of drug-likeness (QED) is 0.889. The first-order valence-corrected chi connectivity index (χ1v) is 7.88. The Balaban J connectivity index is 2.29. The van der Waals surface area contributed by atoms with Gasteiger partial charge >= 0.3 is 0 Å². The largest absolute Gasteiger partial charge is 0.336 e. The van der Waals surface area contributed by atoms with Crippen LogP contribution in [0.2, 0.25) is 0 Å². The maximum Gasteiger partial charge on any atom is 0.254 e. The highest BCUT2D eigenvalue weighted by Crippen LogP contribution is 2.20. The molecule has 104 valence electrons. The fourth-order valence-electron chi connectivity index (χ4n) is 2.37. The number of likely N-dealkylation sites (tertiary alicyclic amines) is 1. The Kier molecular flexibility index (Phi) is 3.91. The molecule has 0 aliphatic carbocycles. The third-order valence-electron chi connectivity index (χ3n) is 3.47. The van der Waals surface area contributed by atoms with E-state index in [1.165, 1.54) is 12.1 Å². The van der Waals surface area contributed by atoms with E-state index in [-0.39, 0.29) is 16.8 Å². The highest BCUT2D eigenvalue weighted by Gasteiger charge is 2.24. The fourth-order valence-corrected chi connectivity index (χ4v) is 2.93. The number of piperidine rings is 1. The smallest absolute Gasteiger partial charge is 0.254 e. The van der Waals surface area contributed by atoms with Gasteiger partial charge in [0.1, 0.15) is 0 Å². The molecule has 1 saturated heterocycles. The lowest BCUT2D eigenvalue weighted by molar-refractivity contribution is 0.0635. The lowest BCUT2D eigenvalue weighted by atomic mass is 10.0. The first-order chi connectivity index (χ1) is 8.89. The monoisotopic (exact) mass is 282 g/mol. The Morgan fingerprint density at radius 2 is 2.11 bits per heavy atom. The summed E-state index contributed by atoms with van der Waals surface area (Å²) in [6.07, 6.45) is 3.10. The van der Waals surface area contributed by atoms with Crippen molar-refractivity contribution in [3.05, 3.63) is 29.8 Å². The predicted molar refractivity (Wildman–Crippen MR) is 72.2 cm³/mol. The van der Waals surface area contributed by atoms with Crippen molar-refractivity contribution in [1.29, 1.82) is 0 Å². The van der Waals surface area contributed by atoms with Crippen molar-refractivity contribution >= 4 is 15.9 Å². The number of nitrogens with zero attached hydrogens (tertiary/aromatic N) is 1. The third kappa shape index (κ3) is 3.13.